The van der Waals surface area contributed by atoms with Gasteiger partial charge in [0.2, 0.25) is 0 Å². The zero-order chi connectivity index (χ0) is 45.2. The molecule has 336 valence electrons. The zero-order valence-electron chi connectivity index (χ0n) is 37.5. The highest BCUT2D eigenvalue weighted by atomic mass is 35.5. The van der Waals surface area contributed by atoms with Gasteiger partial charge in [-0.15, -0.1) is 21.5 Å². The number of thiophene rings is 1. The number of esters is 1. The molecule has 0 saturated carbocycles. The standard InChI is InChI=1S/C52H53Cl2N5O5S/c1-31-33(3)65-52-48(31)50(55-32(2)51-57-56-34(4)59(51)52)37-12-15-40(16-13-37)62-27-26-61-25-7-23-58-24-22-43(30-58)64-41-17-10-36(11-18-41)49-44-21-19-42(63-35(5)60)28-38(44)8-6-9-46(49)45-20-14-39(53)29-47(45)54/h10-21,28-29,32,43H,6-9,22-27,30H2,1-5H3/t32-,43-/m0/s1. The molecule has 4 aromatic carbocycles. The third-order valence-electron chi connectivity index (χ3n) is 12.5. The fourth-order valence-corrected chi connectivity index (χ4v) is 11.0. The van der Waals surface area contributed by atoms with Gasteiger partial charge in [0, 0.05) is 59.2 Å². The second-order valence-electron chi connectivity index (χ2n) is 17.0. The van der Waals surface area contributed by atoms with Crippen molar-refractivity contribution in [2.24, 2.45) is 4.99 Å². The van der Waals surface area contributed by atoms with Gasteiger partial charge in [-0.25, -0.2) is 0 Å². The van der Waals surface area contributed by atoms with Crippen LogP contribution in [-0.2, 0) is 16.0 Å². The van der Waals surface area contributed by atoms with Crippen molar-refractivity contribution in [3.05, 3.63) is 150 Å². The highest BCUT2D eigenvalue weighted by Crippen LogP contribution is 2.44. The van der Waals surface area contributed by atoms with E-state index >= 15 is 0 Å². The van der Waals surface area contributed by atoms with Gasteiger partial charge in [0.1, 0.15) is 46.8 Å². The van der Waals surface area contributed by atoms with E-state index in [1.54, 1.807) is 17.4 Å². The number of hydrogen-bond acceptors (Lipinski definition) is 10. The van der Waals surface area contributed by atoms with Crippen molar-refractivity contribution in [2.45, 2.75) is 78.9 Å². The van der Waals surface area contributed by atoms with E-state index in [2.05, 4.69) is 82.9 Å². The molecule has 0 spiro atoms. The van der Waals surface area contributed by atoms with E-state index in [-0.39, 0.29) is 18.1 Å². The summed E-state index contributed by atoms with van der Waals surface area (Å²) >= 11 is 14.9. The topological polar surface area (TPSA) is 100 Å². The van der Waals surface area contributed by atoms with Crippen molar-refractivity contribution in [1.82, 2.24) is 19.7 Å². The number of aromatic nitrogens is 3. The molecule has 1 fully saturated rings. The monoisotopic (exact) mass is 929 g/mol. The number of ether oxygens (including phenoxy) is 4. The number of likely N-dealkylation sites (tertiary alicyclic amines) is 1. The minimum absolute atomic E-state index is 0.117. The van der Waals surface area contributed by atoms with Gasteiger partial charge < -0.3 is 18.9 Å². The first-order chi connectivity index (χ1) is 31.5. The van der Waals surface area contributed by atoms with Crippen LogP contribution in [0.1, 0.15) is 101 Å². The first-order valence-electron chi connectivity index (χ1n) is 22.4. The van der Waals surface area contributed by atoms with Crippen molar-refractivity contribution < 1.29 is 23.7 Å². The van der Waals surface area contributed by atoms with Gasteiger partial charge in [0.25, 0.3) is 0 Å². The largest absolute Gasteiger partial charge is 0.491 e. The Morgan fingerprint density at radius 1 is 0.846 bits per heavy atom. The van der Waals surface area contributed by atoms with Crippen LogP contribution in [0.3, 0.4) is 0 Å². The number of fused-ring (bicyclic) bond motifs is 4. The number of rotatable bonds is 14. The van der Waals surface area contributed by atoms with Gasteiger partial charge in [-0.2, -0.15) is 0 Å². The predicted octanol–water partition coefficient (Wildman–Crippen LogP) is 11.6. The van der Waals surface area contributed by atoms with Crippen LogP contribution in [0.5, 0.6) is 17.2 Å². The summed E-state index contributed by atoms with van der Waals surface area (Å²) in [6.07, 6.45) is 4.63. The Hall–Kier alpha value is -5.30. The molecule has 1 saturated heterocycles. The molecule has 1 aliphatic carbocycles. The molecule has 65 heavy (non-hydrogen) atoms. The van der Waals surface area contributed by atoms with E-state index in [4.69, 9.17) is 47.1 Å². The maximum absolute atomic E-state index is 11.8. The maximum atomic E-state index is 11.8. The van der Waals surface area contributed by atoms with Gasteiger partial charge in [0.05, 0.1) is 12.3 Å². The molecule has 4 heterocycles. The van der Waals surface area contributed by atoms with Crippen LogP contribution in [0, 0.1) is 20.8 Å². The second kappa shape index (κ2) is 19.7. The molecular weight excluding hydrogens is 878 g/mol. The normalized spacial score (nSPS) is 17.2. The molecule has 2 aliphatic heterocycles. The fraction of sp³-hybridized carbons (Fsp3) is 0.346. The second-order valence-corrected chi connectivity index (χ2v) is 19.0. The van der Waals surface area contributed by atoms with E-state index < -0.39 is 0 Å². The Bertz CT molecular complexity index is 2780. The van der Waals surface area contributed by atoms with E-state index in [0.29, 0.717) is 35.6 Å². The third-order valence-corrected chi connectivity index (χ3v) is 14.2. The lowest BCUT2D eigenvalue weighted by Crippen LogP contribution is -2.26. The average Bonchev–Trinajstić information content (AvgIpc) is 3.92. The van der Waals surface area contributed by atoms with Gasteiger partial charge in [0.15, 0.2) is 5.82 Å². The lowest BCUT2D eigenvalue weighted by molar-refractivity contribution is -0.131. The smallest absolute Gasteiger partial charge is 0.308 e. The molecule has 2 atom stereocenters. The Morgan fingerprint density at radius 2 is 1.60 bits per heavy atom. The molecule has 3 aliphatic rings. The van der Waals surface area contributed by atoms with Crippen LogP contribution in [0.4, 0.5) is 0 Å². The van der Waals surface area contributed by atoms with Crippen molar-refractivity contribution in [2.75, 3.05) is 39.5 Å². The minimum atomic E-state index is -0.335. The number of carbonyl (C=O) groups is 1. The van der Waals surface area contributed by atoms with Crippen molar-refractivity contribution >= 4 is 57.4 Å². The molecule has 6 aromatic rings. The van der Waals surface area contributed by atoms with E-state index in [9.17, 15) is 4.79 Å². The van der Waals surface area contributed by atoms with E-state index in [1.807, 2.05) is 43.3 Å². The lowest BCUT2D eigenvalue weighted by atomic mass is 9.87. The van der Waals surface area contributed by atoms with Gasteiger partial charge in [-0.3, -0.25) is 19.3 Å². The predicted molar refractivity (Wildman–Crippen MR) is 260 cm³/mol. The number of hydrogen-bond donors (Lipinski definition) is 0. The Morgan fingerprint density at radius 3 is 2.38 bits per heavy atom. The van der Waals surface area contributed by atoms with E-state index in [0.717, 1.165) is 130 Å². The van der Waals surface area contributed by atoms with E-state index in [1.165, 1.54) is 17.4 Å². The number of halogens is 2. The fourth-order valence-electron chi connectivity index (χ4n) is 9.22. The molecule has 0 amide bonds. The first kappa shape index (κ1) is 44.9. The van der Waals surface area contributed by atoms with Gasteiger partial charge >= 0.3 is 5.97 Å². The van der Waals surface area contributed by atoms with Crippen molar-refractivity contribution in [3.63, 3.8) is 0 Å². The summed E-state index contributed by atoms with van der Waals surface area (Å²) in [6.45, 7) is 14.3. The molecule has 0 radical (unpaired) electrons. The maximum Gasteiger partial charge on any atom is 0.308 e. The van der Waals surface area contributed by atoms with Crippen molar-refractivity contribution in [1.29, 1.82) is 0 Å². The lowest BCUT2D eigenvalue weighted by Gasteiger charge is -2.19. The summed E-state index contributed by atoms with van der Waals surface area (Å²) in [6, 6.07) is 28.1. The summed E-state index contributed by atoms with van der Waals surface area (Å²) < 4.78 is 26.2. The third kappa shape index (κ3) is 9.81. The highest BCUT2D eigenvalue weighted by molar-refractivity contribution is 7.15. The number of benzene rings is 4. The minimum Gasteiger partial charge on any atom is -0.491 e. The van der Waals surface area contributed by atoms with Crippen molar-refractivity contribution in [3.8, 4) is 22.2 Å². The molecular formula is C52H53Cl2N5O5S. The highest BCUT2D eigenvalue weighted by Gasteiger charge is 2.30. The van der Waals surface area contributed by atoms with Crippen LogP contribution >= 0.6 is 34.5 Å². The van der Waals surface area contributed by atoms with Gasteiger partial charge in [-0.05, 0) is 159 Å². The zero-order valence-corrected chi connectivity index (χ0v) is 39.8. The molecule has 0 N–H and O–H groups in total. The molecule has 2 aromatic heterocycles. The van der Waals surface area contributed by atoms with Crippen LogP contribution in [0.2, 0.25) is 10.0 Å². The van der Waals surface area contributed by atoms with Crippen LogP contribution in [0.15, 0.2) is 89.9 Å². The Labute approximate surface area is 394 Å². The Balaban J connectivity index is 0.752. The summed E-state index contributed by atoms with van der Waals surface area (Å²) in [5, 5.41) is 11.2. The number of carbonyl (C=O) groups excluding carboxylic acids is 1. The first-order valence-corrected chi connectivity index (χ1v) is 24.0. The number of allylic oxidation sites excluding steroid dienone is 1. The SMILES string of the molecule is CC(=O)Oc1ccc2c(c1)CCCC(c1ccc(Cl)cc1Cl)=C2c1ccc(O[C@H]2CCN(CCCOCCOc3ccc(C4=N[C@@H](C)c5nnc(C)n5-c5sc(C)c(C)c54)cc3)C2)cc1. The summed E-state index contributed by atoms with van der Waals surface area (Å²) in [5.41, 5.74) is 11.0. The summed E-state index contributed by atoms with van der Waals surface area (Å²) in [7, 11) is 0. The number of aryl methyl sites for hydroxylation is 3. The summed E-state index contributed by atoms with van der Waals surface area (Å²) in [4.78, 5) is 20.6. The Kier molecular flexibility index (Phi) is 13.6. The van der Waals surface area contributed by atoms with Crippen LogP contribution in [0.25, 0.3) is 16.1 Å². The summed E-state index contributed by atoms with van der Waals surface area (Å²) in [5.74, 6) is 3.61. The molecule has 0 bridgehead atoms. The molecule has 10 nitrogen and oxygen atoms in total. The number of nitrogens with zero attached hydrogens (tertiary/aromatic N) is 5. The van der Waals surface area contributed by atoms with Crippen LogP contribution in [-0.4, -0.2) is 76.9 Å². The molecule has 9 rings (SSSR count). The molecule has 0 unspecified atom stereocenters. The quantitative estimate of drug-likeness (QED) is 0.0605. The van der Waals surface area contributed by atoms with Gasteiger partial charge in [-0.1, -0.05) is 47.5 Å². The number of aliphatic imine (C=N–C) groups is 1. The molecule has 13 heteroatoms. The average molecular weight is 931 g/mol. The van der Waals surface area contributed by atoms with Crippen LogP contribution < -0.4 is 14.2 Å².